The third-order valence-corrected chi connectivity index (χ3v) is 1.72. The molecule has 5 nitrogen and oxygen atoms in total. The van der Waals surface area contributed by atoms with E-state index in [4.69, 9.17) is 9.63 Å². The van der Waals surface area contributed by atoms with Gasteiger partial charge in [-0.15, -0.1) is 0 Å². The summed E-state index contributed by atoms with van der Waals surface area (Å²) in [7, 11) is 0. The largest absolute Gasteiger partial charge is 0.508 e. The van der Waals surface area contributed by atoms with Gasteiger partial charge in [0.15, 0.2) is 6.33 Å². The van der Waals surface area contributed by atoms with Crippen molar-refractivity contribution in [2.45, 2.75) is 6.54 Å². The minimum Gasteiger partial charge on any atom is -0.508 e. The Morgan fingerprint density at radius 1 is 1.29 bits per heavy atom. The smallest absolute Gasteiger partial charge is 0.245 e. The summed E-state index contributed by atoms with van der Waals surface area (Å²) in [4.78, 5) is 3.86. The summed E-state index contributed by atoms with van der Waals surface area (Å²) in [5.74, 6) is 0.770. The predicted molar refractivity (Wildman–Crippen MR) is 49.7 cm³/mol. The zero-order chi connectivity index (χ0) is 9.80. The van der Waals surface area contributed by atoms with Crippen LogP contribution in [0.4, 0.5) is 5.69 Å². The standard InChI is InChI=1S/C9H9N3O2/c13-8-3-1-7(2-4-8)10-5-9-11-6-12-14-9/h1-4,6,10,13H,5H2. The number of nitrogens with one attached hydrogen (secondary N) is 1. The van der Waals surface area contributed by atoms with E-state index in [2.05, 4.69) is 15.5 Å². The van der Waals surface area contributed by atoms with Crippen LogP contribution < -0.4 is 5.32 Å². The minimum absolute atomic E-state index is 0.244. The first-order chi connectivity index (χ1) is 6.84. The van der Waals surface area contributed by atoms with E-state index in [1.807, 2.05) is 0 Å². The first-order valence-electron chi connectivity index (χ1n) is 4.13. The third kappa shape index (κ3) is 2.01. The maximum atomic E-state index is 9.04. The van der Waals surface area contributed by atoms with Crippen molar-refractivity contribution in [2.24, 2.45) is 0 Å². The van der Waals surface area contributed by atoms with Crippen molar-refractivity contribution in [3.8, 4) is 5.75 Å². The molecule has 0 atom stereocenters. The fourth-order valence-electron chi connectivity index (χ4n) is 1.03. The number of anilines is 1. The second kappa shape index (κ2) is 3.78. The van der Waals surface area contributed by atoms with Crippen molar-refractivity contribution in [2.75, 3.05) is 5.32 Å². The molecule has 0 saturated heterocycles. The summed E-state index contributed by atoms with van der Waals surface area (Å²) in [6.07, 6.45) is 1.35. The molecular formula is C9H9N3O2. The van der Waals surface area contributed by atoms with Crippen LogP contribution >= 0.6 is 0 Å². The van der Waals surface area contributed by atoms with Crippen LogP contribution in [-0.4, -0.2) is 15.2 Å². The van der Waals surface area contributed by atoms with Gasteiger partial charge in [-0.05, 0) is 24.3 Å². The van der Waals surface area contributed by atoms with Crippen LogP contribution in [0.2, 0.25) is 0 Å². The topological polar surface area (TPSA) is 71.2 Å². The molecule has 2 rings (SSSR count). The van der Waals surface area contributed by atoms with Gasteiger partial charge in [-0.25, -0.2) is 0 Å². The second-order valence-electron chi connectivity index (χ2n) is 2.74. The molecule has 0 aliphatic carbocycles. The average molecular weight is 191 g/mol. The van der Waals surface area contributed by atoms with Crippen LogP contribution in [0.15, 0.2) is 35.1 Å². The van der Waals surface area contributed by atoms with Crippen molar-refractivity contribution < 1.29 is 9.63 Å². The Morgan fingerprint density at radius 3 is 2.71 bits per heavy atom. The number of phenols is 1. The number of phenolic OH excluding ortho intramolecular Hbond substituents is 1. The van der Waals surface area contributed by atoms with Crippen molar-refractivity contribution in [1.29, 1.82) is 0 Å². The molecule has 2 aromatic rings. The summed E-state index contributed by atoms with van der Waals surface area (Å²) >= 11 is 0. The lowest BCUT2D eigenvalue weighted by Gasteiger charge is -2.02. The molecule has 14 heavy (non-hydrogen) atoms. The van der Waals surface area contributed by atoms with Crippen LogP contribution in [-0.2, 0) is 6.54 Å². The summed E-state index contributed by atoms with van der Waals surface area (Å²) in [5.41, 5.74) is 0.890. The summed E-state index contributed by atoms with van der Waals surface area (Å²) in [5, 5.41) is 15.6. The molecule has 1 aromatic heterocycles. The van der Waals surface area contributed by atoms with Crippen molar-refractivity contribution in [3.05, 3.63) is 36.5 Å². The van der Waals surface area contributed by atoms with Crippen LogP contribution in [0.5, 0.6) is 5.75 Å². The first kappa shape index (κ1) is 8.55. The molecule has 72 valence electrons. The molecule has 1 aromatic carbocycles. The quantitative estimate of drug-likeness (QED) is 0.717. The van der Waals surface area contributed by atoms with Crippen molar-refractivity contribution in [1.82, 2.24) is 10.1 Å². The number of aromatic nitrogens is 2. The molecule has 0 fully saturated rings. The molecular weight excluding hydrogens is 182 g/mol. The summed E-state index contributed by atoms with van der Waals surface area (Å²) < 4.78 is 4.81. The van der Waals surface area contributed by atoms with Crippen LogP contribution in [0.3, 0.4) is 0 Å². The van der Waals surface area contributed by atoms with Crippen molar-refractivity contribution in [3.63, 3.8) is 0 Å². The van der Waals surface area contributed by atoms with Gasteiger partial charge < -0.3 is 14.9 Å². The van der Waals surface area contributed by atoms with E-state index in [-0.39, 0.29) is 5.75 Å². The van der Waals surface area contributed by atoms with Crippen LogP contribution in [0, 0.1) is 0 Å². The second-order valence-corrected chi connectivity index (χ2v) is 2.74. The highest BCUT2D eigenvalue weighted by Gasteiger charge is 1.98. The fraction of sp³-hybridized carbons (Fsp3) is 0.111. The summed E-state index contributed by atoms with van der Waals surface area (Å²) in [6, 6.07) is 6.75. The highest BCUT2D eigenvalue weighted by Crippen LogP contribution is 2.14. The van der Waals surface area contributed by atoms with E-state index >= 15 is 0 Å². The van der Waals surface area contributed by atoms with E-state index in [9.17, 15) is 0 Å². The highest BCUT2D eigenvalue weighted by molar-refractivity contribution is 5.45. The van der Waals surface area contributed by atoms with Gasteiger partial charge in [-0.2, -0.15) is 4.98 Å². The molecule has 2 N–H and O–H groups in total. The number of nitrogens with zero attached hydrogens (tertiary/aromatic N) is 2. The van der Waals surface area contributed by atoms with Gasteiger partial charge >= 0.3 is 0 Å². The third-order valence-electron chi connectivity index (χ3n) is 1.72. The lowest BCUT2D eigenvalue weighted by molar-refractivity contribution is 0.382. The van der Waals surface area contributed by atoms with E-state index < -0.39 is 0 Å². The van der Waals surface area contributed by atoms with Crippen LogP contribution in [0.1, 0.15) is 5.89 Å². The zero-order valence-corrected chi connectivity index (χ0v) is 7.34. The van der Waals surface area contributed by atoms with Gasteiger partial charge in [0.2, 0.25) is 5.89 Å². The number of benzene rings is 1. The van der Waals surface area contributed by atoms with Crippen molar-refractivity contribution >= 4 is 5.69 Å². The average Bonchev–Trinajstić information content (AvgIpc) is 2.70. The number of hydrogen-bond donors (Lipinski definition) is 2. The fourth-order valence-corrected chi connectivity index (χ4v) is 1.03. The molecule has 5 heteroatoms. The van der Waals surface area contributed by atoms with Gasteiger partial charge in [0, 0.05) is 5.69 Å². The van der Waals surface area contributed by atoms with Gasteiger partial charge in [0.1, 0.15) is 5.75 Å². The van der Waals surface area contributed by atoms with Gasteiger partial charge in [0.05, 0.1) is 6.54 Å². The monoisotopic (exact) mass is 191 g/mol. The predicted octanol–water partition coefficient (Wildman–Crippen LogP) is 1.39. The van der Waals surface area contributed by atoms with Crippen LogP contribution in [0.25, 0.3) is 0 Å². The molecule has 1 heterocycles. The summed E-state index contributed by atoms with van der Waals surface area (Å²) in [6.45, 7) is 0.477. The van der Waals surface area contributed by atoms with E-state index in [0.717, 1.165) is 5.69 Å². The minimum atomic E-state index is 0.244. The van der Waals surface area contributed by atoms with Gasteiger partial charge in [-0.3, -0.25) is 0 Å². The molecule has 0 spiro atoms. The van der Waals surface area contributed by atoms with E-state index in [1.54, 1.807) is 24.3 Å². The highest BCUT2D eigenvalue weighted by atomic mass is 16.5. The number of rotatable bonds is 3. The van der Waals surface area contributed by atoms with Gasteiger partial charge in [0.25, 0.3) is 0 Å². The molecule has 0 amide bonds. The maximum absolute atomic E-state index is 9.04. The number of aromatic hydroxyl groups is 1. The Morgan fingerprint density at radius 2 is 2.07 bits per heavy atom. The maximum Gasteiger partial charge on any atom is 0.245 e. The SMILES string of the molecule is Oc1ccc(NCc2ncno2)cc1. The Bertz CT molecular complexity index is 383. The lowest BCUT2D eigenvalue weighted by atomic mass is 10.3. The molecule has 0 saturated carbocycles. The Hall–Kier alpha value is -2.04. The Kier molecular flexibility index (Phi) is 2.31. The molecule has 0 aliphatic rings. The zero-order valence-electron chi connectivity index (χ0n) is 7.34. The molecule has 0 radical (unpaired) electrons. The van der Waals surface area contributed by atoms with E-state index in [1.165, 1.54) is 6.33 Å². The number of hydrogen-bond acceptors (Lipinski definition) is 5. The molecule has 0 bridgehead atoms. The van der Waals surface area contributed by atoms with E-state index in [0.29, 0.717) is 12.4 Å². The van der Waals surface area contributed by atoms with Gasteiger partial charge in [-0.1, -0.05) is 5.16 Å². The lowest BCUT2D eigenvalue weighted by Crippen LogP contribution is -1.98. The normalized spacial score (nSPS) is 10.0. The molecule has 0 unspecified atom stereocenters. The Labute approximate surface area is 80.4 Å². The Balaban J connectivity index is 1.95. The molecule has 0 aliphatic heterocycles. The first-order valence-corrected chi connectivity index (χ1v) is 4.13.